The van der Waals surface area contributed by atoms with E-state index in [1.165, 1.54) is 12.1 Å². The first-order valence-corrected chi connectivity index (χ1v) is 12.2. The van der Waals surface area contributed by atoms with Crippen LogP contribution >= 0.6 is 35.1 Å². The van der Waals surface area contributed by atoms with Crippen molar-refractivity contribution >= 4 is 45.1 Å². The molecule has 3 heterocycles. The van der Waals surface area contributed by atoms with Crippen molar-refractivity contribution in [1.29, 1.82) is 0 Å². The van der Waals surface area contributed by atoms with Crippen LogP contribution < -0.4 is 5.14 Å². The third-order valence-electron chi connectivity index (χ3n) is 4.65. The van der Waals surface area contributed by atoms with Gasteiger partial charge in [0.25, 0.3) is 0 Å². The van der Waals surface area contributed by atoms with Gasteiger partial charge in [-0.25, -0.2) is 23.5 Å². The SMILES string of the molecule is Cc1csc(Cc2nc(-c3cc(C)n(-c4ccc(S(N)(=O)=O)cc4)c3C)cs2)n1.Cl. The van der Waals surface area contributed by atoms with Gasteiger partial charge in [0.15, 0.2) is 0 Å². The number of thiazole rings is 2. The van der Waals surface area contributed by atoms with Crippen molar-refractivity contribution < 1.29 is 8.42 Å². The van der Waals surface area contributed by atoms with Gasteiger partial charge in [-0.15, -0.1) is 35.1 Å². The second kappa shape index (κ2) is 8.60. The minimum absolute atomic E-state index is 0. The predicted molar refractivity (Wildman–Crippen MR) is 125 cm³/mol. The van der Waals surface area contributed by atoms with Crippen LogP contribution in [0.4, 0.5) is 0 Å². The molecule has 0 amide bonds. The Balaban J connectivity index is 0.00000256. The zero-order valence-corrected chi connectivity index (χ0v) is 19.9. The molecule has 2 N–H and O–H groups in total. The number of primary sulfonamides is 1. The molecule has 0 fully saturated rings. The van der Waals surface area contributed by atoms with Crippen LogP contribution in [0.3, 0.4) is 0 Å². The maximum atomic E-state index is 11.5. The van der Waals surface area contributed by atoms with Gasteiger partial charge in [-0.1, -0.05) is 0 Å². The van der Waals surface area contributed by atoms with Crippen LogP contribution in [0.1, 0.15) is 27.1 Å². The first-order valence-electron chi connectivity index (χ1n) is 8.90. The summed E-state index contributed by atoms with van der Waals surface area (Å²) in [5.74, 6) is 0. The first-order chi connectivity index (χ1) is 13.7. The van der Waals surface area contributed by atoms with Crippen LogP contribution in [-0.2, 0) is 16.4 Å². The lowest BCUT2D eigenvalue weighted by Gasteiger charge is -2.10. The van der Waals surface area contributed by atoms with E-state index < -0.39 is 10.0 Å². The highest BCUT2D eigenvalue weighted by molar-refractivity contribution is 7.89. The fraction of sp³-hybridized carbons (Fsp3) is 0.200. The van der Waals surface area contributed by atoms with E-state index >= 15 is 0 Å². The Morgan fingerprint density at radius 2 is 1.63 bits per heavy atom. The van der Waals surface area contributed by atoms with Gasteiger partial charge >= 0.3 is 0 Å². The summed E-state index contributed by atoms with van der Waals surface area (Å²) in [6, 6.07) is 8.69. The fourth-order valence-electron chi connectivity index (χ4n) is 3.33. The Kier molecular flexibility index (Phi) is 6.49. The van der Waals surface area contributed by atoms with Crippen LogP contribution in [0, 0.1) is 20.8 Å². The molecule has 10 heteroatoms. The average molecular weight is 481 g/mol. The molecular formula is C20H21ClN4O2S3. The molecule has 3 aromatic heterocycles. The molecule has 0 aliphatic carbocycles. The number of nitrogens with zero attached hydrogens (tertiary/aromatic N) is 3. The summed E-state index contributed by atoms with van der Waals surface area (Å²) in [6.07, 6.45) is 0.747. The maximum Gasteiger partial charge on any atom is 0.238 e. The van der Waals surface area contributed by atoms with Gasteiger partial charge in [-0.05, 0) is 51.1 Å². The molecule has 0 aliphatic rings. The molecule has 4 rings (SSSR count). The fourth-order valence-corrected chi connectivity index (χ4v) is 5.51. The van der Waals surface area contributed by atoms with Crippen LogP contribution in [0.2, 0.25) is 0 Å². The van der Waals surface area contributed by atoms with E-state index in [1.807, 2.05) is 20.8 Å². The first kappa shape index (κ1) is 22.6. The molecule has 0 aliphatic heterocycles. The summed E-state index contributed by atoms with van der Waals surface area (Å²) >= 11 is 3.30. The molecule has 0 radical (unpaired) electrons. The largest absolute Gasteiger partial charge is 0.318 e. The molecule has 158 valence electrons. The van der Waals surface area contributed by atoms with Crippen molar-refractivity contribution in [1.82, 2.24) is 14.5 Å². The lowest BCUT2D eigenvalue weighted by Crippen LogP contribution is -2.12. The molecule has 0 spiro atoms. The third kappa shape index (κ3) is 4.50. The topological polar surface area (TPSA) is 90.9 Å². The van der Waals surface area contributed by atoms with Crippen molar-refractivity contribution in [2.75, 3.05) is 0 Å². The molecular weight excluding hydrogens is 460 g/mol. The van der Waals surface area contributed by atoms with Gasteiger partial charge in [-0.2, -0.15) is 0 Å². The van der Waals surface area contributed by atoms with Crippen molar-refractivity contribution in [3.05, 3.63) is 68.2 Å². The van der Waals surface area contributed by atoms with Crippen molar-refractivity contribution in [3.63, 3.8) is 0 Å². The molecule has 0 saturated heterocycles. The number of rotatable bonds is 5. The van der Waals surface area contributed by atoms with E-state index in [1.54, 1.807) is 34.8 Å². The Hall–Kier alpha value is -2.04. The molecule has 4 aromatic rings. The number of halogens is 1. The Bertz CT molecular complexity index is 1290. The summed E-state index contributed by atoms with van der Waals surface area (Å²) in [5.41, 5.74) is 6.03. The second-order valence-corrected chi connectivity index (χ2v) is 10.3. The summed E-state index contributed by atoms with van der Waals surface area (Å²) in [7, 11) is -3.70. The van der Waals surface area contributed by atoms with Gasteiger partial charge < -0.3 is 4.57 Å². The minimum atomic E-state index is -3.70. The summed E-state index contributed by atoms with van der Waals surface area (Å²) in [6.45, 7) is 6.06. The van der Waals surface area contributed by atoms with Crippen molar-refractivity contribution in [2.45, 2.75) is 32.1 Å². The molecule has 0 saturated carbocycles. The Morgan fingerprint density at radius 1 is 1.00 bits per heavy atom. The van der Waals surface area contributed by atoms with E-state index in [9.17, 15) is 8.42 Å². The Labute approximate surface area is 189 Å². The molecule has 1 aromatic carbocycles. The molecule has 0 atom stereocenters. The Morgan fingerprint density at radius 3 is 2.23 bits per heavy atom. The maximum absolute atomic E-state index is 11.5. The third-order valence-corrected chi connectivity index (χ3v) is 7.40. The standard InChI is InChI=1S/C20H20N4O2S3.ClH/c1-12-10-27-19(22-12)9-20-23-18(11-28-20)17-8-13(2)24(14(17)3)15-4-6-16(7-5-15)29(21,25)26;/h4-8,10-11H,9H2,1-3H3,(H2,21,25,26);1H. The van der Waals surface area contributed by atoms with Crippen LogP contribution in [0.15, 0.2) is 46.0 Å². The van der Waals surface area contributed by atoms with E-state index in [4.69, 9.17) is 10.1 Å². The van der Waals surface area contributed by atoms with E-state index in [0.717, 1.165) is 50.5 Å². The zero-order valence-electron chi connectivity index (χ0n) is 16.6. The summed E-state index contributed by atoms with van der Waals surface area (Å²) in [5, 5.41) is 11.4. The molecule has 6 nitrogen and oxygen atoms in total. The highest BCUT2D eigenvalue weighted by Crippen LogP contribution is 2.31. The number of benzene rings is 1. The van der Waals surface area contributed by atoms with Gasteiger partial charge in [0.1, 0.15) is 5.01 Å². The molecule has 30 heavy (non-hydrogen) atoms. The molecule has 0 unspecified atom stereocenters. The number of nitrogens with two attached hydrogens (primary N) is 1. The van der Waals surface area contributed by atoms with E-state index in [0.29, 0.717) is 0 Å². The minimum Gasteiger partial charge on any atom is -0.318 e. The van der Waals surface area contributed by atoms with Gasteiger partial charge in [-0.3, -0.25) is 0 Å². The number of aromatic nitrogens is 3. The lowest BCUT2D eigenvalue weighted by atomic mass is 10.2. The smallest absolute Gasteiger partial charge is 0.238 e. The lowest BCUT2D eigenvalue weighted by molar-refractivity contribution is 0.598. The summed E-state index contributed by atoms with van der Waals surface area (Å²) in [4.78, 5) is 9.44. The average Bonchev–Trinajstić information content (AvgIpc) is 3.35. The normalized spacial score (nSPS) is 11.5. The predicted octanol–water partition coefficient (Wildman–Crippen LogP) is 4.64. The molecule has 0 bridgehead atoms. The number of aryl methyl sites for hydroxylation is 2. The number of hydrogen-bond donors (Lipinski definition) is 1. The number of sulfonamides is 1. The number of hydrogen-bond acceptors (Lipinski definition) is 6. The van der Waals surface area contributed by atoms with E-state index in [2.05, 4.69) is 26.4 Å². The second-order valence-electron chi connectivity index (χ2n) is 6.85. The monoisotopic (exact) mass is 480 g/mol. The quantitative estimate of drug-likeness (QED) is 0.450. The van der Waals surface area contributed by atoms with Gasteiger partial charge in [0, 0.05) is 39.1 Å². The van der Waals surface area contributed by atoms with Gasteiger partial charge in [0.2, 0.25) is 10.0 Å². The van der Waals surface area contributed by atoms with E-state index in [-0.39, 0.29) is 17.3 Å². The van der Waals surface area contributed by atoms with Crippen molar-refractivity contribution in [2.24, 2.45) is 5.14 Å². The highest BCUT2D eigenvalue weighted by atomic mass is 35.5. The van der Waals surface area contributed by atoms with Crippen molar-refractivity contribution in [3.8, 4) is 16.9 Å². The highest BCUT2D eigenvalue weighted by Gasteiger charge is 2.16. The van der Waals surface area contributed by atoms with Crippen LogP contribution in [-0.4, -0.2) is 23.0 Å². The van der Waals surface area contributed by atoms with Crippen LogP contribution in [0.5, 0.6) is 0 Å². The van der Waals surface area contributed by atoms with Crippen LogP contribution in [0.25, 0.3) is 16.9 Å². The van der Waals surface area contributed by atoms with Gasteiger partial charge in [0.05, 0.1) is 22.0 Å². The zero-order chi connectivity index (χ0) is 20.8. The summed E-state index contributed by atoms with van der Waals surface area (Å²) < 4.78 is 25.1.